The summed E-state index contributed by atoms with van der Waals surface area (Å²) in [6.07, 6.45) is 3.58. The summed E-state index contributed by atoms with van der Waals surface area (Å²) in [7, 11) is 0. The number of piperidine rings is 2. The molecule has 2 aliphatic rings. The maximum atomic E-state index is 13.0. The molecule has 2 amide bonds. The molecule has 5 rings (SSSR count). The number of ketones is 1. The van der Waals surface area contributed by atoms with E-state index in [-0.39, 0.29) is 11.8 Å². The molecule has 6 heteroatoms. The second kappa shape index (κ2) is 12.4. The van der Waals surface area contributed by atoms with Crippen molar-refractivity contribution in [2.24, 2.45) is 5.92 Å². The Bertz CT molecular complexity index is 1280. The van der Waals surface area contributed by atoms with Crippen LogP contribution in [0.25, 0.3) is 0 Å². The Labute approximate surface area is 231 Å². The number of nitrogens with zero attached hydrogens (tertiary/aromatic N) is 2. The van der Waals surface area contributed by atoms with Gasteiger partial charge in [0.05, 0.1) is 5.92 Å². The van der Waals surface area contributed by atoms with Gasteiger partial charge in [0.25, 0.3) is 5.91 Å². The van der Waals surface area contributed by atoms with Crippen molar-refractivity contribution in [3.8, 4) is 0 Å². The first kappa shape index (κ1) is 26.8. The van der Waals surface area contributed by atoms with Crippen LogP contribution < -0.4 is 5.32 Å². The Balaban J connectivity index is 1.10. The van der Waals surface area contributed by atoms with E-state index >= 15 is 0 Å². The molecule has 1 N–H and O–H groups in total. The Morgan fingerprint density at radius 2 is 1.51 bits per heavy atom. The fraction of sp³-hybridized carbons (Fsp3) is 0.364. The minimum Gasteiger partial charge on any atom is -0.336 e. The summed E-state index contributed by atoms with van der Waals surface area (Å²) in [6, 6.07) is 25.7. The first-order valence-electron chi connectivity index (χ1n) is 14.0. The summed E-state index contributed by atoms with van der Waals surface area (Å²) in [5, 5.41) is 3.12. The molecule has 39 heavy (non-hydrogen) atoms. The molecule has 2 saturated heterocycles. The standard InChI is InChI=1S/C33H37N3O3/c1-24-9-11-28(12-10-24)31(37)33(39)36-20-17-27(18-21-36)26-13-15-30(16-14-26)34-32(38)29-8-5-19-35(23-29)22-25-6-3-2-4-7-25/h2-4,6-7,9-16,27,29H,5,8,17-23H2,1H3,(H,34,38). The number of carbonyl (C=O) groups is 3. The van der Waals surface area contributed by atoms with E-state index in [0.29, 0.717) is 24.6 Å². The topological polar surface area (TPSA) is 69.7 Å². The average molecular weight is 524 g/mol. The number of anilines is 1. The number of amides is 2. The second-order valence-electron chi connectivity index (χ2n) is 10.9. The molecule has 2 aliphatic heterocycles. The van der Waals surface area contributed by atoms with Gasteiger partial charge in [0.15, 0.2) is 0 Å². The molecule has 2 fully saturated rings. The molecule has 1 atom stereocenters. The number of Topliss-reactive ketones (excluding diaryl/α,β-unsaturated/α-hetero) is 1. The summed E-state index contributed by atoms with van der Waals surface area (Å²) in [5.41, 5.74) is 4.81. The number of hydrogen-bond acceptors (Lipinski definition) is 4. The van der Waals surface area contributed by atoms with Crippen LogP contribution in [0.1, 0.15) is 58.6 Å². The molecule has 6 nitrogen and oxygen atoms in total. The number of benzene rings is 3. The Morgan fingerprint density at radius 1 is 0.821 bits per heavy atom. The predicted octanol–water partition coefficient (Wildman–Crippen LogP) is 5.43. The van der Waals surface area contributed by atoms with Crippen molar-refractivity contribution >= 4 is 23.3 Å². The fourth-order valence-corrected chi connectivity index (χ4v) is 5.73. The highest BCUT2D eigenvalue weighted by molar-refractivity contribution is 6.42. The number of likely N-dealkylation sites (tertiary alicyclic amines) is 2. The van der Waals surface area contributed by atoms with E-state index in [1.54, 1.807) is 17.0 Å². The highest BCUT2D eigenvalue weighted by Crippen LogP contribution is 2.29. The first-order valence-corrected chi connectivity index (χ1v) is 14.0. The molecule has 0 saturated carbocycles. The van der Waals surface area contributed by atoms with Crippen molar-refractivity contribution in [2.45, 2.75) is 45.1 Å². The van der Waals surface area contributed by atoms with Crippen LogP contribution in [0, 0.1) is 12.8 Å². The zero-order chi connectivity index (χ0) is 27.2. The molecule has 2 heterocycles. The van der Waals surface area contributed by atoms with Crippen LogP contribution in [0.5, 0.6) is 0 Å². The molecule has 0 aliphatic carbocycles. The fourth-order valence-electron chi connectivity index (χ4n) is 5.73. The van der Waals surface area contributed by atoms with Gasteiger partial charge in [-0.25, -0.2) is 0 Å². The summed E-state index contributed by atoms with van der Waals surface area (Å²) >= 11 is 0. The normalized spacial score (nSPS) is 18.5. The summed E-state index contributed by atoms with van der Waals surface area (Å²) < 4.78 is 0. The monoisotopic (exact) mass is 523 g/mol. The van der Waals surface area contributed by atoms with Crippen molar-refractivity contribution in [3.63, 3.8) is 0 Å². The zero-order valence-electron chi connectivity index (χ0n) is 22.6. The lowest BCUT2D eigenvalue weighted by molar-refractivity contribution is -0.127. The van der Waals surface area contributed by atoms with Crippen LogP contribution in [-0.2, 0) is 16.1 Å². The summed E-state index contributed by atoms with van der Waals surface area (Å²) in [4.78, 5) is 42.4. The van der Waals surface area contributed by atoms with Gasteiger partial charge in [-0.05, 0) is 68.3 Å². The van der Waals surface area contributed by atoms with Gasteiger partial charge in [0.2, 0.25) is 11.7 Å². The average Bonchev–Trinajstić information content (AvgIpc) is 2.98. The van der Waals surface area contributed by atoms with Gasteiger partial charge in [-0.1, -0.05) is 72.3 Å². The van der Waals surface area contributed by atoms with Gasteiger partial charge in [0.1, 0.15) is 0 Å². The molecule has 0 spiro atoms. The van der Waals surface area contributed by atoms with Gasteiger partial charge in [-0.2, -0.15) is 0 Å². The van der Waals surface area contributed by atoms with Gasteiger partial charge in [0, 0.05) is 37.4 Å². The van der Waals surface area contributed by atoms with Crippen molar-refractivity contribution in [1.82, 2.24) is 9.80 Å². The number of rotatable bonds is 7. The molecule has 1 unspecified atom stereocenters. The maximum Gasteiger partial charge on any atom is 0.294 e. The van der Waals surface area contributed by atoms with E-state index in [4.69, 9.17) is 0 Å². The molecule has 3 aromatic carbocycles. The van der Waals surface area contributed by atoms with Crippen LogP contribution in [0.4, 0.5) is 5.69 Å². The van der Waals surface area contributed by atoms with Crippen molar-refractivity contribution < 1.29 is 14.4 Å². The van der Waals surface area contributed by atoms with E-state index in [1.165, 1.54) is 11.1 Å². The molecule has 0 aromatic heterocycles. The van der Waals surface area contributed by atoms with Crippen LogP contribution >= 0.6 is 0 Å². The lowest BCUT2D eigenvalue weighted by Crippen LogP contribution is -2.41. The second-order valence-corrected chi connectivity index (χ2v) is 10.9. The van der Waals surface area contributed by atoms with Crippen LogP contribution in [0.2, 0.25) is 0 Å². The third kappa shape index (κ3) is 6.82. The van der Waals surface area contributed by atoms with Crippen LogP contribution in [0.15, 0.2) is 78.9 Å². The van der Waals surface area contributed by atoms with Gasteiger partial charge < -0.3 is 10.2 Å². The zero-order valence-corrected chi connectivity index (χ0v) is 22.6. The van der Waals surface area contributed by atoms with E-state index in [2.05, 4.69) is 46.6 Å². The third-order valence-corrected chi connectivity index (χ3v) is 8.07. The molecule has 0 radical (unpaired) electrons. The van der Waals surface area contributed by atoms with Crippen LogP contribution in [0.3, 0.4) is 0 Å². The van der Waals surface area contributed by atoms with Crippen molar-refractivity contribution in [1.29, 1.82) is 0 Å². The number of nitrogens with one attached hydrogen (secondary N) is 1. The van der Waals surface area contributed by atoms with Crippen LogP contribution in [-0.4, -0.2) is 53.6 Å². The van der Waals surface area contributed by atoms with Crippen molar-refractivity contribution in [3.05, 3.63) is 101 Å². The third-order valence-electron chi connectivity index (χ3n) is 8.07. The highest BCUT2D eigenvalue weighted by Gasteiger charge is 2.29. The van der Waals surface area contributed by atoms with Crippen molar-refractivity contribution in [2.75, 3.05) is 31.5 Å². The van der Waals surface area contributed by atoms with E-state index in [1.807, 2.05) is 37.3 Å². The largest absolute Gasteiger partial charge is 0.336 e. The highest BCUT2D eigenvalue weighted by atomic mass is 16.2. The molecule has 202 valence electrons. The molecular weight excluding hydrogens is 486 g/mol. The predicted molar refractivity (Wildman–Crippen MR) is 154 cm³/mol. The Kier molecular flexibility index (Phi) is 8.52. The molecule has 3 aromatic rings. The van der Waals surface area contributed by atoms with E-state index in [0.717, 1.165) is 56.6 Å². The SMILES string of the molecule is Cc1ccc(C(=O)C(=O)N2CCC(c3ccc(NC(=O)C4CCCN(Cc5ccccc5)C4)cc3)CC2)cc1. The summed E-state index contributed by atoms with van der Waals surface area (Å²) in [6.45, 7) is 5.78. The number of aryl methyl sites for hydroxylation is 1. The van der Waals surface area contributed by atoms with Gasteiger partial charge in [-0.15, -0.1) is 0 Å². The Morgan fingerprint density at radius 3 is 2.21 bits per heavy atom. The number of carbonyl (C=O) groups excluding carboxylic acids is 3. The Hall–Kier alpha value is -3.77. The van der Waals surface area contributed by atoms with E-state index < -0.39 is 11.7 Å². The lowest BCUT2D eigenvalue weighted by atomic mass is 9.89. The molecule has 0 bridgehead atoms. The molecular formula is C33H37N3O3. The minimum atomic E-state index is -0.435. The quantitative estimate of drug-likeness (QED) is 0.331. The smallest absolute Gasteiger partial charge is 0.294 e. The summed E-state index contributed by atoms with van der Waals surface area (Å²) in [5.74, 6) is -0.439. The number of hydrogen-bond donors (Lipinski definition) is 1. The van der Waals surface area contributed by atoms with Gasteiger partial charge in [-0.3, -0.25) is 19.3 Å². The first-order chi connectivity index (χ1) is 19.0. The lowest BCUT2D eigenvalue weighted by Gasteiger charge is -2.32. The maximum absolute atomic E-state index is 13.0. The van der Waals surface area contributed by atoms with Gasteiger partial charge >= 0.3 is 0 Å². The van der Waals surface area contributed by atoms with E-state index in [9.17, 15) is 14.4 Å². The minimum absolute atomic E-state index is 0.00776.